The Labute approximate surface area is 130 Å². The van der Waals surface area contributed by atoms with E-state index in [-0.39, 0.29) is 24.4 Å². The van der Waals surface area contributed by atoms with E-state index in [2.05, 4.69) is 25.7 Å². The third-order valence-corrected chi connectivity index (χ3v) is 5.10. The highest BCUT2D eigenvalue weighted by atomic mass is 35.5. The molecule has 4 heteroatoms. The van der Waals surface area contributed by atoms with Crippen LogP contribution in [-0.2, 0) is 4.79 Å². The summed E-state index contributed by atoms with van der Waals surface area (Å²) in [5, 5.41) is 0. The van der Waals surface area contributed by atoms with Gasteiger partial charge in [-0.05, 0) is 43.4 Å². The standard InChI is InChI=1S/C16H30N2O.ClH/c1-16(2,3)13-7-9-18(10-8-13)15(19)12-5-4-6-14(17)11-12;/h12-14H,4-11,17H2,1-3H3;1H. The molecule has 2 aliphatic rings. The third kappa shape index (κ3) is 4.36. The monoisotopic (exact) mass is 302 g/mol. The maximum absolute atomic E-state index is 12.5. The summed E-state index contributed by atoms with van der Waals surface area (Å²) in [6.45, 7) is 8.85. The largest absolute Gasteiger partial charge is 0.342 e. The molecule has 1 aliphatic carbocycles. The fourth-order valence-corrected chi connectivity index (χ4v) is 3.68. The van der Waals surface area contributed by atoms with Crippen molar-refractivity contribution in [1.29, 1.82) is 0 Å². The van der Waals surface area contributed by atoms with Gasteiger partial charge in [0.2, 0.25) is 5.91 Å². The van der Waals surface area contributed by atoms with Gasteiger partial charge in [-0.25, -0.2) is 0 Å². The first-order valence-electron chi connectivity index (χ1n) is 7.92. The van der Waals surface area contributed by atoms with Crippen LogP contribution in [0, 0.1) is 17.3 Å². The smallest absolute Gasteiger partial charge is 0.225 e. The van der Waals surface area contributed by atoms with Gasteiger partial charge in [-0.3, -0.25) is 4.79 Å². The second kappa shape index (κ2) is 7.13. The molecule has 0 aromatic rings. The van der Waals surface area contributed by atoms with E-state index in [1.807, 2.05) is 0 Å². The molecule has 1 saturated heterocycles. The van der Waals surface area contributed by atoms with Crippen LogP contribution in [0.3, 0.4) is 0 Å². The van der Waals surface area contributed by atoms with Crippen molar-refractivity contribution >= 4 is 18.3 Å². The SMILES string of the molecule is CC(C)(C)C1CCN(C(=O)C2CCCC(N)C2)CC1.Cl. The molecule has 1 heterocycles. The van der Waals surface area contributed by atoms with Crippen molar-refractivity contribution in [2.24, 2.45) is 23.0 Å². The summed E-state index contributed by atoms with van der Waals surface area (Å²) < 4.78 is 0. The number of nitrogens with two attached hydrogens (primary N) is 1. The van der Waals surface area contributed by atoms with E-state index < -0.39 is 0 Å². The van der Waals surface area contributed by atoms with Crippen molar-refractivity contribution in [3.8, 4) is 0 Å². The number of hydrogen-bond acceptors (Lipinski definition) is 2. The van der Waals surface area contributed by atoms with Crippen LogP contribution in [0.5, 0.6) is 0 Å². The normalized spacial score (nSPS) is 28.9. The van der Waals surface area contributed by atoms with Crippen molar-refractivity contribution in [3.05, 3.63) is 0 Å². The van der Waals surface area contributed by atoms with E-state index >= 15 is 0 Å². The highest BCUT2D eigenvalue weighted by Gasteiger charge is 2.34. The Kier molecular flexibility index (Phi) is 6.33. The molecule has 0 radical (unpaired) electrons. The molecule has 2 rings (SSSR count). The minimum absolute atomic E-state index is 0. The minimum Gasteiger partial charge on any atom is -0.342 e. The summed E-state index contributed by atoms with van der Waals surface area (Å²) >= 11 is 0. The van der Waals surface area contributed by atoms with Crippen LogP contribution < -0.4 is 5.73 Å². The average Bonchev–Trinajstić information content (AvgIpc) is 2.37. The lowest BCUT2D eigenvalue weighted by molar-refractivity contribution is -0.138. The molecule has 0 aromatic heterocycles. The van der Waals surface area contributed by atoms with Crippen LogP contribution in [0.4, 0.5) is 0 Å². The highest BCUT2D eigenvalue weighted by molar-refractivity contribution is 5.85. The van der Waals surface area contributed by atoms with Gasteiger partial charge in [-0.1, -0.05) is 27.2 Å². The average molecular weight is 303 g/mol. The lowest BCUT2D eigenvalue weighted by Crippen LogP contribution is -2.45. The predicted molar refractivity (Wildman–Crippen MR) is 85.9 cm³/mol. The number of nitrogens with zero attached hydrogens (tertiary/aromatic N) is 1. The topological polar surface area (TPSA) is 46.3 Å². The Morgan fingerprint density at radius 3 is 2.20 bits per heavy atom. The van der Waals surface area contributed by atoms with Gasteiger partial charge in [0.1, 0.15) is 0 Å². The second-order valence-corrected chi connectivity index (χ2v) is 7.59. The third-order valence-electron chi connectivity index (χ3n) is 5.10. The second-order valence-electron chi connectivity index (χ2n) is 7.59. The molecule has 20 heavy (non-hydrogen) atoms. The molecule has 2 N–H and O–H groups in total. The lowest BCUT2D eigenvalue weighted by atomic mass is 9.75. The maximum atomic E-state index is 12.5. The van der Waals surface area contributed by atoms with E-state index in [0.717, 1.165) is 57.5 Å². The van der Waals surface area contributed by atoms with Crippen molar-refractivity contribution in [3.63, 3.8) is 0 Å². The van der Waals surface area contributed by atoms with Gasteiger partial charge in [0.05, 0.1) is 0 Å². The minimum atomic E-state index is 0. The summed E-state index contributed by atoms with van der Waals surface area (Å²) in [6.07, 6.45) is 6.48. The first-order valence-corrected chi connectivity index (χ1v) is 7.92. The van der Waals surface area contributed by atoms with Crippen molar-refractivity contribution in [2.75, 3.05) is 13.1 Å². The zero-order chi connectivity index (χ0) is 14.0. The Bertz CT molecular complexity index is 319. The molecular formula is C16H31ClN2O. The number of rotatable bonds is 1. The number of piperidine rings is 1. The van der Waals surface area contributed by atoms with Gasteiger partial charge in [0.25, 0.3) is 0 Å². The van der Waals surface area contributed by atoms with Crippen molar-refractivity contribution < 1.29 is 4.79 Å². The highest BCUT2D eigenvalue weighted by Crippen LogP contribution is 2.35. The zero-order valence-corrected chi connectivity index (χ0v) is 14.0. The quantitative estimate of drug-likeness (QED) is 0.808. The predicted octanol–water partition coefficient (Wildman–Crippen LogP) is 3.21. The van der Waals surface area contributed by atoms with E-state index in [9.17, 15) is 4.79 Å². The molecule has 0 bridgehead atoms. The molecule has 3 nitrogen and oxygen atoms in total. The maximum Gasteiger partial charge on any atom is 0.225 e. The number of carbonyl (C=O) groups excluding carboxylic acids is 1. The first kappa shape index (κ1) is 17.8. The van der Waals surface area contributed by atoms with Gasteiger partial charge in [-0.2, -0.15) is 0 Å². The molecule has 0 aromatic carbocycles. The molecule has 2 atom stereocenters. The number of carbonyl (C=O) groups is 1. The summed E-state index contributed by atoms with van der Waals surface area (Å²) in [4.78, 5) is 14.6. The summed E-state index contributed by atoms with van der Waals surface area (Å²) in [6, 6.07) is 0.245. The molecule has 1 amide bonds. The van der Waals surface area contributed by atoms with E-state index in [1.54, 1.807) is 0 Å². The lowest BCUT2D eigenvalue weighted by Gasteiger charge is -2.40. The Morgan fingerprint density at radius 1 is 1.10 bits per heavy atom. The molecule has 1 saturated carbocycles. The molecular weight excluding hydrogens is 272 g/mol. The first-order chi connectivity index (χ1) is 8.88. The fourth-order valence-electron chi connectivity index (χ4n) is 3.68. The van der Waals surface area contributed by atoms with E-state index in [0.29, 0.717) is 11.3 Å². The Hall–Kier alpha value is -0.280. The molecule has 0 spiro atoms. The van der Waals surface area contributed by atoms with Crippen LogP contribution in [0.25, 0.3) is 0 Å². The summed E-state index contributed by atoms with van der Waals surface area (Å²) in [5.41, 5.74) is 6.38. The van der Waals surface area contributed by atoms with E-state index in [1.165, 1.54) is 0 Å². The van der Waals surface area contributed by atoms with Crippen LogP contribution >= 0.6 is 12.4 Å². The number of hydrogen-bond donors (Lipinski definition) is 1. The van der Waals surface area contributed by atoms with E-state index in [4.69, 9.17) is 5.73 Å². The van der Waals surface area contributed by atoms with Crippen LogP contribution in [0.1, 0.15) is 59.3 Å². The fraction of sp³-hybridized carbons (Fsp3) is 0.938. The molecule has 2 fully saturated rings. The molecule has 1 aliphatic heterocycles. The number of amides is 1. The summed E-state index contributed by atoms with van der Waals surface area (Å²) in [7, 11) is 0. The van der Waals surface area contributed by atoms with Crippen LogP contribution in [0.15, 0.2) is 0 Å². The molecule has 118 valence electrons. The van der Waals surface area contributed by atoms with Crippen molar-refractivity contribution in [2.45, 2.75) is 65.3 Å². The number of halogens is 1. The summed E-state index contributed by atoms with van der Waals surface area (Å²) in [5.74, 6) is 1.34. The van der Waals surface area contributed by atoms with Gasteiger partial charge >= 0.3 is 0 Å². The number of likely N-dealkylation sites (tertiary alicyclic amines) is 1. The zero-order valence-electron chi connectivity index (χ0n) is 13.2. The Balaban J connectivity index is 0.00000200. The molecule has 2 unspecified atom stereocenters. The van der Waals surface area contributed by atoms with Gasteiger partial charge in [-0.15, -0.1) is 12.4 Å². The van der Waals surface area contributed by atoms with Gasteiger partial charge in [0.15, 0.2) is 0 Å². The van der Waals surface area contributed by atoms with Crippen LogP contribution in [-0.4, -0.2) is 29.9 Å². The van der Waals surface area contributed by atoms with Gasteiger partial charge < -0.3 is 10.6 Å². The van der Waals surface area contributed by atoms with Gasteiger partial charge in [0, 0.05) is 25.0 Å². The van der Waals surface area contributed by atoms with Crippen molar-refractivity contribution in [1.82, 2.24) is 4.90 Å². The van der Waals surface area contributed by atoms with Crippen LogP contribution in [0.2, 0.25) is 0 Å². The Morgan fingerprint density at radius 2 is 1.70 bits per heavy atom.